The largest absolute Gasteiger partial charge is 0.275 e. The summed E-state index contributed by atoms with van der Waals surface area (Å²) in [4.78, 5) is 12.1. The Morgan fingerprint density at radius 1 is 1.38 bits per heavy atom. The molecule has 2 aromatic rings. The summed E-state index contributed by atoms with van der Waals surface area (Å²) in [5.74, 6) is 0.521. The molecule has 0 aliphatic rings. The number of thiophene rings is 1. The van der Waals surface area contributed by atoms with Crippen LogP contribution in [0.3, 0.4) is 0 Å². The SMILES string of the molecule is CC(C)Cc1c(C(=O)Cl)sc2ccccc12. The van der Waals surface area contributed by atoms with E-state index in [1.165, 1.54) is 16.7 Å². The van der Waals surface area contributed by atoms with E-state index in [0.717, 1.165) is 16.7 Å². The molecule has 0 atom stereocenters. The van der Waals surface area contributed by atoms with Crippen LogP contribution in [0.2, 0.25) is 0 Å². The summed E-state index contributed by atoms with van der Waals surface area (Å²) in [5, 5.41) is 0.835. The maximum absolute atomic E-state index is 11.4. The number of carbonyl (C=O) groups excluding carboxylic acids is 1. The molecule has 0 amide bonds. The van der Waals surface area contributed by atoms with E-state index >= 15 is 0 Å². The maximum atomic E-state index is 11.4. The molecule has 0 saturated heterocycles. The van der Waals surface area contributed by atoms with Crippen LogP contribution in [0.5, 0.6) is 0 Å². The molecular formula is C13H13ClOS. The lowest BCUT2D eigenvalue weighted by Gasteiger charge is -2.04. The maximum Gasteiger partial charge on any atom is 0.262 e. The lowest BCUT2D eigenvalue weighted by atomic mass is 10.0. The summed E-state index contributed by atoms with van der Waals surface area (Å²) in [5.41, 5.74) is 1.11. The monoisotopic (exact) mass is 252 g/mol. The Morgan fingerprint density at radius 2 is 2.06 bits per heavy atom. The topological polar surface area (TPSA) is 17.1 Å². The van der Waals surface area contributed by atoms with Gasteiger partial charge in [-0.05, 0) is 41.0 Å². The molecule has 3 heteroatoms. The third-order valence-electron chi connectivity index (χ3n) is 2.49. The lowest BCUT2D eigenvalue weighted by molar-refractivity contribution is 0.108. The fourth-order valence-corrected chi connectivity index (χ4v) is 3.16. The van der Waals surface area contributed by atoms with Crippen LogP contribution in [0.4, 0.5) is 0 Å². The third kappa shape index (κ3) is 2.13. The highest BCUT2D eigenvalue weighted by molar-refractivity contribution is 7.22. The van der Waals surface area contributed by atoms with Crippen LogP contribution in [0.1, 0.15) is 29.1 Å². The van der Waals surface area contributed by atoms with Crippen LogP contribution in [0, 0.1) is 5.92 Å². The smallest absolute Gasteiger partial charge is 0.262 e. The minimum atomic E-state index is -0.336. The van der Waals surface area contributed by atoms with Crippen molar-refractivity contribution in [2.75, 3.05) is 0 Å². The summed E-state index contributed by atoms with van der Waals surface area (Å²) in [6, 6.07) is 8.09. The Hall–Kier alpha value is -0.860. The van der Waals surface area contributed by atoms with Gasteiger partial charge in [0.15, 0.2) is 0 Å². The van der Waals surface area contributed by atoms with E-state index < -0.39 is 0 Å². The zero-order valence-electron chi connectivity index (χ0n) is 9.29. The first-order valence-electron chi connectivity index (χ1n) is 5.30. The summed E-state index contributed by atoms with van der Waals surface area (Å²) in [6.07, 6.45) is 0.901. The van der Waals surface area contributed by atoms with Gasteiger partial charge in [0, 0.05) is 4.70 Å². The molecule has 0 unspecified atom stereocenters. The van der Waals surface area contributed by atoms with Crippen molar-refractivity contribution in [2.45, 2.75) is 20.3 Å². The van der Waals surface area contributed by atoms with Gasteiger partial charge in [-0.15, -0.1) is 11.3 Å². The van der Waals surface area contributed by atoms with Gasteiger partial charge < -0.3 is 0 Å². The zero-order chi connectivity index (χ0) is 11.7. The fourth-order valence-electron chi connectivity index (χ4n) is 1.87. The number of carbonyl (C=O) groups is 1. The molecule has 0 aliphatic heterocycles. The van der Waals surface area contributed by atoms with E-state index in [0.29, 0.717) is 10.8 Å². The second-order valence-electron chi connectivity index (χ2n) is 4.28. The second kappa shape index (κ2) is 4.56. The second-order valence-corrected chi connectivity index (χ2v) is 5.67. The Labute approximate surface area is 104 Å². The Morgan fingerprint density at radius 3 is 2.69 bits per heavy atom. The molecule has 0 fully saturated rings. The third-order valence-corrected chi connectivity index (χ3v) is 4.00. The predicted octanol–water partition coefficient (Wildman–Crippen LogP) is 4.48. The number of benzene rings is 1. The molecule has 1 aromatic carbocycles. The van der Waals surface area contributed by atoms with E-state index in [1.807, 2.05) is 18.2 Å². The fraction of sp³-hybridized carbons (Fsp3) is 0.308. The summed E-state index contributed by atoms with van der Waals surface area (Å²) < 4.78 is 1.14. The molecule has 0 saturated carbocycles. The average Bonchev–Trinajstić information content (AvgIpc) is 2.57. The van der Waals surface area contributed by atoms with Gasteiger partial charge in [0.1, 0.15) is 0 Å². The molecule has 84 valence electrons. The van der Waals surface area contributed by atoms with E-state index in [4.69, 9.17) is 11.6 Å². The molecule has 2 rings (SSSR count). The van der Waals surface area contributed by atoms with E-state index in [2.05, 4.69) is 19.9 Å². The predicted molar refractivity (Wildman–Crippen MR) is 70.6 cm³/mol. The highest BCUT2D eigenvalue weighted by Crippen LogP contribution is 2.33. The van der Waals surface area contributed by atoms with Crippen LogP contribution in [-0.2, 0) is 6.42 Å². The van der Waals surface area contributed by atoms with Gasteiger partial charge in [-0.1, -0.05) is 32.0 Å². The summed E-state index contributed by atoms with van der Waals surface area (Å²) in [7, 11) is 0. The zero-order valence-corrected chi connectivity index (χ0v) is 10.9. The summed E-state index contributed by atoms with van der Waals surface area (Å²) >= 11 is 7.13. The minimum Gasteiger partial charge on any atom is -0.275 e. The van der Waals surface area contributed by atoms with Crippen LogP contribution < -0.4 is 0 Å². The molecule has 0 aliphatic carbocycles. The number of rotatable bonds is 3. The van der Waals surface area contributed by atoms with Crippen LogP contribution in [-0.4, -0.2) is 5.24 Å². The van der Waals surface area contributed by atoms with Gasteiger partial charge >= 0.3 is 0 Å². The van der Waals surface area contributed by atoms with E-state index in [-0.39, 0.29) is 5.24 Å². The van der Waals surface area contributed by atoms with Crippen LogP contribution in [0.15, 0.2) is 24.3 Å². The molecule has 0 spiro atoms. The number of hydrogen-bond acceptors (Lipinski definition) is 2. The first-order valence-corrected chi connectivity index (χ1v) is 6.49. The van der Waals surface area contributed by atoms with Crippen LogP contribution in [0.25, 0.3) is 10.1 Å². The molecule has 0 radical (unpaired) electrons. The van der Waals surface area contributed by atoms with Crippen molar-refractivity contribution in [3.8, 4) is 0 Å². The van der Waals surface area contributed by atoms with Gasteiger partial charge in [0.05, 0.1) is 4.88 Å². The normalized spacial score (nSPS) is 11.2. The molecule has 1 nitrogen and oxygen atoms in total. The molecule has 0 bridgehead atoms. The Kier molecular flexibility index (Phi) is 3.31. The van der Waals surface area contributed by atoms with Crippen molar-refractivity contribution in [3.05, 3.63) is 34.7 Å². The minimum absolute atomic E-state index is 0.336. The standard InChI is InChI=1S/C13H13ClOS/c1-8(2)7-10-9-5-3-4-6-11(9)16-12(10)13(14)15/h3-6,8H,7H2,1-2H3. The van der Waals surface area contributed by atoms with Crippen LogP contribution >= 0.6 is 22.9 Å². The van der Waals surface area contributed by atoms with Gasteiger partial charge in [0.25, 0.3) is 5.24 Å². The molecule has 1 aromatic heterocycles. The van der Waals surface area contributed by atoms with Crippen molar-refractivity contribution in [2.24, 2.45) is 5.92 Å². The first kappa shape index (κ1) is 11.6. The Balaban J connectivity index is 2.64. The van der Waals surface area contributed by atoms with E-state index in [9.17, 15) is 4.79 Å². The number of hydrogen-bond donors (Lipinski definition) is 0. The van der Waals surface area contributed by atoms with Crippen molar-refractivity contribution in [1.29, 1.82) is 0 Å². The van der Waals surface area contributed by atoms with Crippen molar-refractivity contribution >= 4 is 38.3 Å². The Bertz CT molecular complexity index is 528. The van der Waals surface area contributed by atoms with Crippen molar-refractivity contribution in [1.82, 2.24) is 0 Å². The lowest BCUT2D eigenvalue weighted by Crippen LogP contribution is -1.98. The van der Waals surface area contributed by atoms with Crippen molar-refractivity contribution < 1.29 is 4.79 Å². The van der Waals surface area contributed by atoms with Gasteiger partial charge in [-0.25, -0.2) is 0 Å². The van der Waals surface area contributed by atoms with Gasteiger partial charge in [-0.3, -0.25) is 4.79 Å². The molecule has 16 heavy (non-hydrogen) atoms. The number of fused-ring (bicyclic) bond motifs is 1. The van der Waals surface area contributed by atoms with Gasteiger partial charge in [-0.2, -0.15) is 0 Å². The molecule has 1 heterocycles. The summed E-state index contributed by atoms with van der Waals surface area (Å²) in [6.45, 7) is 4.30. The first-order chi connectivity index (χ1) is 7.59. The number of halogens is 1. The average molecular weight is 253 g/mol. The molecular weight excluding hydrogens is 240 g/mol. The molecule has 0 N–H and O–H groups in total. The highest BCUT2D eigenvalue weighted by Gasteiger charge is 2.17. The quantitative estimate of drug-likeness (QED) is 0.736. The highest BCUT2D eigenvalue weighted by atomic mass is 35.5. The van der Waals surface area contributed by atoms with E-state index in [1.54, 1.807) is 0 Å². The van der Waals surface area contributed by atoms with Crippen molar-refractivity contribution in [3.63, 3.8) is 0 Å². The van der Waals surface area contributed by atoms with Gasteiger partial charge in [0.2, 0.25) is 0 Å².